The number of rotatable bonds is 4. The zero-order valence-electron chi connectivity index (χ0n) is 12.0. The minimum absolute atomic E-state index is 0.481. The van der Waals surface area contributed by atoms with E-state index in [9.17, 15) is 0 Å². The molecule has 0 bridgehead atoms. The van der Waals surface area contributed by atoms with Crippen molar-refractivity contribution in [1.82, 2.24) is 4.57 Å². The fourth-order valence-electron chi connectivity index (χ4n) is 2.37. The van der Waals surface area contributed by atoms with Gasteiger partial charge in [0, 0.05) is 29.0 Å². The largest absolute Gasteiger partial charge is 0.497 e. The fraction of sp³-hybridized carbons (Fsp3) is 0.176. The van der Waals surface area contributed by atoms with Crippen LogP contribution in [0.3, 0.4) is 0 Å². The van der Waals surface area contributed by atoms with Gasteiger partial charge in [0.25, 0.3) is 0 Å². The molecule has 0 spiro atoms. The molecule has 3 rings (SSSR count). The van der Waals surface area contributed by atoms with Gasteiger partial charge >= 0.3 is 0 Å². The van der Waals surface area contributed by atoms with Crippen LogP contribution in [-0.4, -0.2) is 11.7 Å². The van der Waals surface area contributed by atoms with Crippen molar-refractivity contribution < 1.29 is 9.47 Å². The van der Waals surface area contributed by atoms with Gasteiger partial charge in [-0.05, 0) is 30.3 Å². The third-order valence-corrected chi connectivity index (χ3v) is 3.89. The van der Waals surface area contributed by atoms with Gasteiger partial charge in [0.15, 0.2) is 0 Å². The Hall–Kier alpha value is -2.13. The molecule has 1 heterocycles. The summed E-state index contributed by atoms with van der Waals surface area (Å²) in [5.74, 6) is 1.57. The van der Waals surface area contributed by atoms with E-state index in [2.05, 4.69) is 16.7 Å². The summed E-state index contributed by atoms with van der Waals surface area (Å²) in [5, 5.41) is 1.81. The number of nitrogens with zero attached hydrogens (tertiary/aromatic N) is 1. The topological polar surface area (TPSA) is 23.4 Å². The second kappa shape index (κ2) is 5.70. The third kappa shape index (κ3) is 2.69. The molecule has 1 aromatic heterocycles. The van der Waals surface area contributed by atoms with E-state index in [1.165, 1.54) is 0 Å². The summed E-state index contributed by atoms with van der Waals surface area (Å²) < 4.78 is 13.1. The van der Waals surface area contributed by atoms with Gasteiger partial charge in [-0.15, -0.1) is 0 Å². The molecule has 0 aliphatic carbocycles. The Balaban J connectivity index is 1.85. The van der Waals surface area contributed by atoms with Crippen LogP contribution < -0.4 is 9.47 Å². The van der Waals surface area contributed by atoms with Crippen LogP contribution in [0, 0.1) is 0 Å². The Kier molecular flexibility index (Phi) is 3.76. The average Bonchev–Trinajstić information content (AvgIpc) is 2.84. The molecule has 0 radical (unpaired) electrons. The molecule has 0 amide bonds. The first-order valence-corrected chi connectivity index (χ1v) is 7.06. The number of methoxy groups -OCH3 is 1. The lowest BCUT2D eigenvalue weighted by Crippen LogP contribution is -2.01. The number of ether oxygens (including phenoxy) is 2. The first-order chi connectivity index (χ1) is 10.2. The molecule has 3 aromatic rings. The van der Waals surface area contributed by atoms with Crippen molar-refractivity contribution in [1.29, 1.82) is 0 Å². The lowest BCUT2D eigenvalue weighted by atomic mass is 10.2. The standard InChI is InChI=1S/C17H16ClNO2/c1-19-12(9-15-16(18)7-4-8-17(15)19)11-21-14-6-3-5-13(10-14)20-2/h3-10H,11H2,1-2H3. The van der Waals surface area contributed by atoms with Crippen molar-refractivity contribution in [3.05, 3.63) is 59.2 Å². The van der Waals surface area contributed by atoms with Gasteiger partial charge in [-0.3, -0.25) is 0 Å². The highest BCUT2D eigenvalue weighted by Crippen LogP contribution is 2.27. The Morgan fingerprint density at radius 2 is 1.81 bits per heavy atom. The molecular weight excluding hydrogens is 286 g/mol. The van der Waals surface area contributed by atoms with E-state index in [-0.39, 0.29) is 0 Å². The van der Waals surface area contributed by atoms with Gasteiger partial charge in [-0.25, -0.2) is 0 Å². The predicted molar refractivity (Wildman–Crippen MR) is 85.3 cm³/mol. The van der Waals surface area contributed by atoms with E-state index >= 15 is 0 Å². The molecule has 0 atom stereocenters. The fourth-order valence-corrected chi connectivity index (χ4v) is 2.59. The van der Waals surface area contributed by atoms with E-state index in [0.717, 1.165) is 33.1 Å². The number of aryl methyl sites for hydroxylation is 1. The first-order valence-electron chi connectivity index (χ1n) is 6.68. The first kappa shape index (κ1) is 13.8. The Morgan fingerprint density at radius 3 is 2.57 bits per heavy atom. The number of benzene rings is 2. The molecule has 21 heavy (non-hydrogen) atoms. The Labute approximate surface area is 128 Å². The van der Waals surface area contributed by atoms with Crippen LogP contribution in [-0.2, 0) is 13.7 Å². The normalized spacial score (nSPS) is 10.8. The van der Waals surface area contributed by atoms with Gasteiger partial charge in [0.05, 0.1) is 12.8 Å². The van der Waals surface area contributed by atoms with Gasteiger partial charge in [0.2, 0.25) is 0 Å². The molecule has 0 saturated heterocycles. The summed E-state index contributed by atoms with van der Waals surface area (Å²) in [7, 11) is 3.66. The molecular formula is C17H16ClNO2. The second-order valence-electron chi connectivity index (χ2n) is 4.83. The van der Waals surface area contributed by atoms with Crippen LogP contribution in [0.25, 0.3) is 10.9 Å². The van der Waals surface area contributed by atoms with E-state index in [1.807, 2.05) is 43.4 Å². The van der Waals surface area contributed by atoms with Crippen LogP contribution in [0.4, 0.5) is 0 Å². The van der Waals surface area contributed by atoms with E-state index in [4.69, 9.17) is 21.1 Å². The van der Waals surface area contributed by atoms with Crippen LogP contribution in [0.15, 0.2) is 48.5 Å². The van der Waals surface area contributed by atoms with Gasteiger partial charge in [-0.1, -0.05) is 23.7 Å². The van der Waals surface area contributed by atoms with Crippen LogP contribution in [0.2, 0.25) is 5.02 Å². The SMILES string of the molecule is COc1cccc(OCc2cc3c(Cl)cccc3n2C)c1. The van der Waals surface area contributed by atoms with Crippen molar-refractivity contribution in [2.75, 3.05) is 7.11 Å². The highest BCUT2D eigenvalue weighted by Gasteiger charge is 2.09. The molecule has 0 unspecified atom stereocenters. The smallest absolute Gasteiger partial charge is 0.128 e. The zero-order valence-corrected chi connectivity index (χ0v) is 12.7. The molecule has 0 aliphatic rings. The van der Waals surface area contributed by atoms with Crippen molar-refractivity contribution in [2.45, 2.75) is 6.61 Å². The number of hydrogen-bond donors (Lipinski definition) is 0. The Bertz CT molecular complexity index is 780. The Morgan fingerprint density at radius 1 is 1.05 bits per heavy atom. The summed E-state index contributed by atoms with van der Waals surface area (Å²) in [6.45, 7) is 0.481. The lowest BCUT2D eigenvalue weighted by molar-refractivity contribution is 0.295. The number of fused-ring (bicyclic) bond motifs is 1. The van der Waals surface area contributed by atoms with Crippen molar-refractivity contribution >= 4 is 22.5 Å². The third-order valence-electron chi connectivity index (χ3n) is 3.56. The molecule has 4 heteroatoms. The van der Waals surface area contributed by atoms with Gasteiger partial charge in [-0.2, -0.15) is 0 Å². The highest BCUT2D eigenvalue weighted by atomic mass is 35.5. The van der Waals surface area contributed by atoms with E-state index < -0.39 is 0 Å². The summed E-state index contributed by atoms with van der Waals surface area (Å²) in [4.78, 5) is 0. The monoisotopic (exact) mass is 301 g/mol. The maximum absolute atomic E-state index is 6.23. The van der Waals surface area contributed by atoms with Crippen molar-refractivity contribution in [2.24, 2.45) is 7.05 Å². The molecule has 2 aromatic carbocycles. The van der Waals surface area contributed by atoms with Crippen LogP contribution >= 0.6 is 11.6 Å². The average molecular weight is 302 g/mol. The number of hydrogen-bond acceptors (Lipinski definition) is 2. The summed E-state index contributed by atoms with van der Waals surface area (Å²) in [6.07, 6.45) is 0. The van der Waals surface area contributed by atoms with Crippen molar-refractivity contribution in [3.8, 4) is 11.5 Å². The molecule has 0 aliphatic heterocycles. The van der Waals surface area contributed by atoms with Crippen molar-refractivity contribution in [3.63, 3.8) is 0 Å². The summed E-state index contributed by atoms with van der Waals surface area (Å²) >= 11 is 6.23. The number of halogens is 1. The second-order valence-corrected chi connectivity index (χ2v) is 5.24. The molecule has 108 valence electrons. The molecule has 0 saturated carbocycles. The van der Waals surface area contributed by atoms with E-state index in [1.54, 1.807) is 7.11 Å². The molecule has 0 N–H and O–H groups in total. The molecule has 3 nitrogen and oxygen atoms in total. The van der Waals surface area contributed by atoms with E-state index in [0.29, 0.717) is 6.61 Å². The predicted octanol–water partition coefficient (Wildman–Crippen LogP) is 4.42. The minimum Gasteiger partial charge on any atom is -0.497 e. The van der Waals surface area contributed by atoms with Crippen LogP contribution in [0.1, 0.15) is 5.69 Å². The number of aromatic nitrogens is 1. The quantitative estimate of drug-likeness (QED) is 0.712. The highest BCUT2D eigenvalue weighted by molar-refractivity contribution is 6.35. The minimum atomic E-state index is 0.481. The molecule has 0 fully saturated rings. The summed E-state index contributed by atoms with van der Waals surface area (Å²) in [6, 6.07) is 15.6. The lowest BCUT2D eigenvalue weighted by Gasteiger charge is -2.08. The maximum atomic E-state index is 6.23. The zero-order chi connectivity index (χ0) is 14.8. The van der Waals surface area contributed by atoms with Gasteiger partial charge < -0.3 is 14.0 Å². The maximum Gasteiger partial charge on any atom is 0.128 e. The summed E-state index contributed by atoms with van der Waals surface area (Å²) in [5.41, 5.74) is 2.17. The van der Waals surface area contributed by atoms with Crippen LogP contribution in [0.5, 0.6) is 11.5 Å². The van der Waals surface area contributed by atoms with Gasteiger partial charge in [0.1, 0.15) is 18.1 Å².